The number of rotatable bonds is 37. The smallest absolute Gasteiger partial charge is 0.211 e. The maximum Gasteiger partial charge on any atom is 0.211 e. The van der Waals surface area contributed by atoms with Gasteiger partial charge in [0.15, 0.2) is 0 Å². The fourth-order valence-corrected chi connectivity index (χ4v) is 9.85. The predicted octanol–water partition coefficient (Wildman–Crippen LogP) is 21.8. The Bertz CT molecular complexity index is 1860. The van der Waals surface area contributed by atoms with E-state index in [1.165, 1.54) is 188 Å². The van der Waals surface area contributed by atoms with Gasteiger partial charge in [0.05, 0.1) is 0 Å². The Kier molecular flexibility index (Phi) is 38.7. The van der Waals surface area contributed by atoms with E-state index in [2.05, 4.69) is 138 Å². The van der Waals surface area contributed by atoms with E-state index in [1.54, 1.807) is 19.1 Å². The molecule has 2 nitrogen and oxygen atoms in total. The van der Waals surface area contributed by atoms with Crippen LogP contribution in [0.5, 0.6) is 0 Å². The molecule has 0 radical (unpaired) electrons. The summed E-state index contributed by atoms with van der Waals surface area (Å²) in [4.78, 5) is 0. The van der Waals surface area contributed by atoms with E-state index in [-0.39, 0.29) is 0 Å². The number of benzene rings is 2. The average Bonchev–Trinajstić information content (AvgIpc) is 3.65. The molecule has 2 aromatic carbocycles. The zero-order valence-corrected chi connectivity index (χ0v) is 47.7. The Morgan fingerprint density at radius 1 is 0.400 bits per heavy atom. The summed E-state index contributed by atoms with van der Waals surface area (Å²) in [5.74, 6) is 14.1. The topological polar surface area (TPSA) is 25.3 Å². The zero-order chi connectivity index (χ0) is 50.7. The molecule has 0 spiro atoms. The molecule has 0 bridgehead atoms. The van der Waals surface area contributed by atoms with Crippen LogP contribution < -0.4 is 0 Å². The van der Waals surface area contributed by atoms with Crippen LogP contribution in [0.25, 0.3) is 16.9 Å². The van der Waals surface area contributed by atoms with Crippen LogP contribution in [0.4, 0.5) is 0 Å². The second-order valence-electron chi connectivity index (χ2n) is 20.0. The van der Waals surface area contributed by atoms with Crippen molar-refractivity contribution in [3.63, 3.8) is 0 Å². The van der Waals surface area contributed by atoms with Crippen LogP contribution in [0.3, 0.4) is 0 Å². The third-order valence-electron chi connectivity index (χ3n) is 13.3. The van der Waals surface area contributed by atoms with E-state index >= 15 is 0 Å². The normalized spacial score (nSPS) is 12.5. The maximum absolute atomic E-state index is 12.7. The molecule has 1 aliphatic rings. The molecular weight excluding hydrogens is 891 g/mol. The Balaban J connectivity index is 0.000000960. The van der Waals surface area contributed by atoms with Crippen LogP contribution >= 0.6 is 0 Å². The summed E-state index contributed by atoms with van der Waals surface area (Å²) in [7, 11) is 0. The van der Waals surface area contributed by atoms with Crippen LogP contribution in [-0.2, 0) is 27.3 Å². The molecule has 70 heavy (non-hydrogen) atoms. The van der Waals surface area contributed by atoms with Gasteiger partial charge in [-0.25, -0.2) is 4.70 Å². The molecule has 3 heteroatoms. The molecule has 0 saturated carbocycles. The fraction of sp³-hybridized carbons (Fsp3) is 0.642. The number of hydrogen-bond donors (Lipinski definition) is 0. The quantitative estimate of drug-likeness (QED) is 0.0279. The minimum Gasteiger partial charge on any atom is -0.493 e. The summed E-state index contributed by atoms with van der Waals surface area (Å²) in [6.07, 6.45) is 46.7. The summed E-state index contributed by atoms with van der Waals surface area (Å²) >= 11 is 1.64. The molecule has 2 aromatic rings. The first-order valence-electron chi connectivity index (χ1n) is 29.5. The molecule has 0 amide bonds. The third kappa shape index (κ3) is 27.4. The fourth-order valence-electron chi connectivity index (χ4n) is 9.14. The molecule has 1 heterocycles. The number of unbranched alkanes of at least 4 members (excludes halogenated alkanes) is 23. The summed E-state index contributed by atoms with van der Waals surface area (Å²) in [5, 5.41) is 4.47. The van der Waals surface area contributed by atoms with Crippen LogP contribution in [0.1, 0.15) is 301 Å². The van der Waals surface area contributed by atoms with Crippen molar-refractivity contribution >= 4 is 11.4 Å². The predicted molar refractivity (Wildman–Crippen MR) is 308 cm³/mol. The third-order valence-corrected chi connectivity index (χ3v) is 14.2. The van der Waals surface area contributed by atoms with E-state index in [4.69, 9.17) is 0 Å². The Morgan fingerprint density at radius 3 is 1.23 bits per heavy atom. The Hall–Kier alpha value is -3.39. The number of allylic oxidation sites excluding steroid dienone is 4. The van der Waals surface area contributed by atoms with Gasteiger partial charge in [0.25, 0.3) is 0 Å². The monoisotopic (exact) mass is 995 g/mol. The van der Waals surface area contributed by atoms with Crippen molar-refractivity contribution in [2.24, 2.45) is 0 Å². The average molecular weight is 996 g/mol. The molecule has 0 N–H and O–H groups in total. The second kappa shape index (κ2) is 43.2. The Morgan fingerprint density at radius 2 is 0.771 bits per heavy atom. The minimum atomic E-state index is 0.919. The van der Waals surface area contributed by atoms with Gasteiger partial charge in [-0.2, -0.15) is 0 Å². The van der Waals surface area contributed by atoms with Gasteiger partial charge < -0.3 is 5.53 Å². The van der Waals surface area contributed by atoms with Crippen LogP contribution in [0, 0.1) is 23.7 Å². The maximum atomic E-state index is 12.7. The standard InChI is InChI=1S/C53H78N2.2C7H13.Ni/c1-7-13-19-22-25-29-34-46-39-47(35-30-26-23-20-14-8-2)43-49(42-46)52-50(36-28-16-10-4)51(37-31-27-24-21-15-9-3)53(55(52)54)48-40-44(32-17-11-5)38-45(41-48)33-18-12-6;2*1-3-5-7-6-4-2;/h38-43H,7-28,31-33,36-37H2,1-6H3;2*1,3H,4-7H2,2H3;. The van der Waals surface area contributed by atoms with Crippen molar-refractivity contribution in [2.75, 3.05) is 0 Å². The SMILES string of the molecule is CCCCCC=[CH][Ni][CH]=CCCCCC.CCCCCCC#Cc1cc(C#CCCCCCC)cc(C2=C(CCCCC)C(CCCCCCCC)=C(c3cc(CCCC)cc(CCCC)c3)[N+]2=[N-])c1. The zero-order valence-electron chi connectivity index (χ0n) is 46.7. The van der Waals surface area contributed by atoms with Crippen molar-refractivity contribution in [3.05, 3.63) is 109 Å². The molecule has 3 rings (SSSR count). The van der Waals surface area contributed by atoms with Gasteiger partial charge in [-0.15, -0.1) is 0 Å². The molecule has 0 aromatic heterocycles. The van der Waals surface area contributed by atoms with Crippen molar-refractivity contribution < 1.29 is 19.1 Å². The van der Waals surface area contributed by atoms with Crippen molar-refractivity contribution in [3.8, 4) is 23.7 Å². The van der Waals surface area contributed by atoms with Gasteiger partial charge in [0, 0.05) is 46.2 Å². The summed E-state index contributed by atoms with van der Waals surface area (Å²) in [6, 6.07) is 13.9. The second-order valence-corrected chi connectivity index (χ2v) is 21.0. The van der Waals surface area contributed by atoms with Crippen molar-refractivity contribution in [2.45, 2.75) is 280 Å². The van der Waals surface area contributed by atoms with Crippen molar-refractivity contribution in [1.29, 1.82) is 0 Å². The molecule has 1 aliphatic heterocycles. The van der Waals surface area contributed by atoms with Gasteiger partial charge in [0.2, 0.25) is 11.4 Å². The van der Waals surface area contributed by atoms with E-state index in [0.29, 0.717) is 0 Å². The van der Waals surface area contributed by atoms with E-state index in [0.717, 1.165) is 92.3 Å². The molecule has 392 valence electrons. The molecular formula is C67H104N2Ni. The number of hydrogen-bond acceptors (Lipinski definition) is 0. The summed E-state index contributed by atoms with van der Waals surface area (Å²) in [5.41, 5.74) is 24.4. The molecule has 0 fully saturated rings. The summed E-state index contributed by atoms with van der Waals surface area (Å²) < 4.78 is 1.61. The first-order valence-corrected chi connectivity index (χ1v) is 30.6. The van der Waals surface area contributed by atoms with E-state index in [9.17, 15) is 5.53 Å². The van der Waals surface area contributed by atoms with E-state index in [1.807, 2.05) is 0 Å². The van der Waals surface area contributed by atoms with Crippen LogP contribution in [-0.4, -0.2) is 4.70 Å². The van der Waals surface area contributed by atoms with Gasteiger partial charge in [-0.05, 0) is 106 Å². The first kappa shape index (κ1) is 62.7. The first-order chi connectivity index (χ1) is 34.4. The Labute approximate surface area is 440 Å². The number of aryl methyl sites for hydroxylation is 2. The molecule has 0 saturated heterocycles. The van der Waals surface area contributed by atoms with Crippen LogP contribution in [0.15, 0.2) is 69.8 Å². The number of nitrogens with zero attached hydrogens (tertiary/aromatic N) is 2. The summed E-state index contributed by atoms with van der Waals surface area (Å²) in [6.45, 7) is 18.2. The van der Waals surface area contributed by atoms with Gasteiger partial charge >= 0.3 is 102 Å². The van der Waals surface area contributed by atoms with Gasteiger partial charge in [-0.3, -0.25) is 0 Å². The van der Waals surface area contributed by atoms with Crippen LogP contribution in [0.2, 0.25) is 0 Å². The van der Waals surface area contributed by atoms with E-state index < -0.39 is 0 Å². The molecule has 0 aliphatic carbocycles. The largest absolute Gasteiger partial charge is 0.493 e. The molecule has 0 unspecified atom stereocenters. The van der Waals surface area contributed by atoms with Crippen molar-refractivity contribution in [1.82, 2.24) is 0 Å². The van der Waals surface area contributed by atoms with Gasteiger partial charge in [-0.1, -0.05) is 168 Å². The van der Waals surface area contributed by atoms with Gasteiger partial charge in [0.1, 0.15) is 0 Å². The molecule has 0 atom stereocenters. The minimum absolute atomic E-state index is 0.919.